The lowest BCUT2D eigenvalue weighted by molar-refractivity contribution is 0.0261. The van der Waals surface area contributed by atoms with E-state index in [4.69, 9.17) is 9.15 Å². The third-order valence-electron chi connectivity index (χ3n) is 3.20. The van der Waals surface area contributed by atoms with Gasteiger partial charge in [0.05, 0.1) is 6.61 Å². The Kier molecular flexibility index (Phi) is 4.38. The minimum Gasteiger partial charge on any atom is -0.438 e. The van der Waals surface area contributed by atoms with Crippen LogP contribution < -0.4 is 5.32 Å². The number of ether oxygens (including phenoxy) is 1. The molecule has 21 heavy (non-hydrogen) atoms. The Bertz CT molecular complexity index is 615. The summed E-state index contributed by atoms with van der Waals surface area (Å²) in [5, 5.41) is 12.2. The van der Waals surface area contributed by atoms with E-state index in [9.17, 15) is 18.3 Å². The quantitative estimate of drug-likeness (QED) is 0.751. The van der Waals surface area contributed by atoms with Crippen LogP contribution in [0, 0.1) is 0 Å². The molecule has 0 spiro atoms. The molecule has 2 rings (SSSR count). The Labute approximate surface area is 122 Å². The second-order valence-electron chi connectivity index (χ2n) is 5.12. The highest BCUT2D eigenvalue weighted by Crippen LogP contribution is 2.19. The molecule has 2 heterocycles. The molecule has 0 aliphatic carbocycles. The molecule has 118 valence electrons. The van der Waals surface area contributed by atoms with E-state index in [1.807, 2.05) is 0 Å². The summed E-state index contributed by atoms with van der Waals surface area (Å²) >= 11 is 0. The van der Waals surface area contributed by atoms with Crippen molar-refractivity contribution in [2.45, 2.75) is 17.1 Å². The first-order chi connectivity index (χ1) is 9.74. The summed E-state index contributed by atoms with van der Waals surface area (Å²) in [6.45, 7) is 0.617. The Hall–Kier alpha value is -1.42. The van der Waals surface area contributed by atoms with Gasteiger partial charge in [-0.05, 0) is 12.1 Å². The zero-order valence-corrected chi connectivity index (χ0v) is 12.6. The minimum atomic E-state index is -3.71. The molecule has 1 aliphatic rings. The number of furan rings is 1. The molecule has 1 amide bonds. The maximum Gasteiger partial charge on any atom is 0.287 e. The van der Waals surface area contributed by atoms with Gasteiger partial charge in [0, 0.05) is 33.7 Å². The van der Waals surface area contributed by atoms with E-state index >= 15 is 0 Å². The van der Waals surface area contributed by atoms with Gasteiger partial charge in [0.25, 0.3) is 15.9 Å². The second-order valence-corrected chi connectivity index (χ2v) is 7.20. The lowest BCUT2D eigenvalue weighted by atomic mass is 10.0. The standard InChI is InChI=1S/C12H18N2O6S/c1-14(2)21(17,18)10-4-3-9(20-10)11(15)13-7-12(16)5-6-19-8-12/h3-4,16H,5-8H2,1-2H3,(H,13,15). The van der Waals surface area contributed by atoms with Crippen LogP contribution in [0.3, 0.4) is 0 Å². The topological polar surface area (TPSA) is 109 Å². The average Bonchev–Trinajstić information content (AvgIpc) is 3.05. The highest BCUT2D eigenvalue weighted by molar-refractivity contribution is 7.88. The molecule has 0 radical (unpaired) electrons. The molecular formula is C12H18N2O6S. The third kappa shape index (κ3) is 3.43. The van der Waals surface area contributed by atoms with Crippen molar-refractivity contribution >= 4 is 15.9 Å². The van der Waals surface area contributed by atoms with Crippen molar-refractivity contribution in [1.29, 1.82) is 0 Å². The minimum absolute atomic E-state index is 0.0162. The average molecular weight is 318 g/mol. The van der Waals surface area contributed by atoms with Crippen LogP contribution >= 0.6 is 0 Å². The van der Waals surface area contributed by atoms with E-state index in [-0.39, 0.29) is 24.0 Å². The predicted octanol–water partition coefficient (Wildman–Crippen LogP) is -0.589. The lowest BCUT2D eigenvalue weighted by Crippen LogP contribution is -2.43. The van der Waals surface area contributed by atoms with Crippen molar-refractivity contribution in [3.8, 4) is 0 Å². The molecule has 0 saturated carbocycles. The zero-order chi connectivity index (χ0) is 15.7. The van der Waals surface area contributed by atoms with Crippen LogP contribution in [0.2, 0.25) is 0 Å². The van der Waals surface area contributed by atoms with Gasteiger partial charge < -0.3 is 19.6 Å². The largest absolute Gasteiger partial charge is 0.438 e. The number of rotatable bonds is 5. The first kappa shape index (κ1) is 16.0. The van der Waals surface area contributed by atoms with Crippen molar-refractivity contribution in [1.82, 2.24) is 9.62 Å². The summed E-state index contributed by atoms with van der Waals surface area (Å²) < 4.78 is 34.8. The summed E-state index contributed by atoms with van der Waals surface area (Å²) in [4.78, 5) is 11.9. The number of carbonyl (C=O) groups is 1. The van der Waals surface area contributed by atoms with Gasteiger partial charge in [-0.1, -0.05) is 0 Å². The van der Waals surface area contributed by atoms with Crippen LogP contribution in [0.4, 0.5) is 0 Å². The molecule has 0 bridgehead atoms. The van der Waals surface area contributed by atoms with Crippen LogP contribution in [0.15, 0.2) is 21.6 Å². The van der Waals surface area contributed by atoms with E-state index < -0.39 is 21.5 Å². The fraction of sp³-hybridized carbons (Fsp3) is 0.583. The van der Waals surface area contributed by atoms with Crippen LogP contribution in [0.1, 0.15) is 17.0 Å². The van der Waals surface area contributed by atoms with Crippen molar-refractivity contribution in [3.63, 3.8) is 0 Å². The van der Waals surface area contributed by atoms with E-state index in [1.54, 1.807) is 0 Å². The van der Waals surface area contributed by atoms with Gasteiger partial charge >= 0.3 is 0 Å². The molecule has 1 atom stereocenters. The number of sulfonamides is 1. The Balaban J connectivity index is 2.03. The number of nitrogens with one attached hydrogen (secondary N) is 1. The summed E-state index contributed by atoms with van der Waals surface area (Å²) in [6, 6.07) is 2.50. The van der Waals surface area contributed by atoms with Gasteiger partial charge in [0.2, 0.25) is 5.09 Å². The number of hydrogen-bond donors (Lipinski definition) is 2. The van der Waals surface area contributed by atoms with Crippen molar-refractivity contribution in [3.05, 3.63) is 17.9 Å². The highest BCUT2D eigenvalue weighted by Gasteiger charge is 2.33. The van der Waals surface area contributed by atoms with Crippen LogP contribution in [0.25, 0.3) is 0 Å². The Morgan fingerprint density at radius 3 is 2.76 bits per heavy atom. The van der Waals surface area contributed by atoms with Crippen LogP contribution in [-0.2, 0) is 14.8 Å². The number of hydrogen-bond acceptors (Lipinski definition) is 6. The summed E-state index contributed by atoms with van der Waals surface area (Å²) in [7, 11) is -0.978. The number of aliphatic hydroxyl groups is 1. The van der Waals surface area contributed by atoms with Gasteiger partial charge in [-0.3, -0.25) is 4.79 Å². The number of amides is 1. The molecule has 1 unspecified atom stereocenters. The van der Waals surface area contributed by atoms with Gasteiger partial charge in [-0.15, -0.1) is 0 Å². The first-order valence-corrected chi connectivity index (χ1v) is 7.79. The van der Waals surface area contributed by atoms with Crippen molar-refractivity contribution in [2.24, 2.45) is 0 Å². The SMILES string of the molecule is CN(C)S(=O)(=O)c1ccc(C(=O)NCC2(O)CCOC2)o1. The zero-order valence-electron chi connectivity index (χ0n) is 11.8. The van der Waals surface area contributed by atoms with Gasteiger partial charge in [0.1, 0.15) is 5.60 Å². The Morgan fingerprint density at radius 2 is 2.19 bits per heavy atom. The van der Waals surface area contributed by atoms with Gasteiger partial charge in [0.15, 0.2) is 5.76 Å². The summed E-state index contributed by atoms with van der Waals surface area (Å²) in [5.74, 6) is -0.714. The molecule has 1 fully saturated rings. The smallest absolute Gasteiger partial charge is 0.287 e. The summed E-state index contributed by atoms with van der Waals surface area (Å²) in [5.41, 5.74) is -1.08. The molecule has 1 aromatic heterocycles. The van der Waals surface area contributed by atoms with Gasteiger partial charge in [-0.25, -0.2) is 12.7 Å². The fourth-order valence-corrected chi connectivity index (χ4v) is 2.62. The molecule has 9 heteroatoms. The molecule has 0 aromatic carbocycles. The maximum atomic E-state index is 11.9. The van der Waals surface area contributed by atoms with E-state index in [0.717, 1.165) is 4.31 Å². The maximum absolute atomic E-state index is 11.9. The normalized spacial score (nSPS) is 22.7. The van der Waals surface area contributed by atoms with E-state index in [0.29, 0.717) is 13.0 Å². The monoisotopic (exact) mass is 318 g/mol. The van der Waals surface area contributed by atoms with Crippen LogP contribution in [0.5, 0.6) is 0 Å². The predicted molar refractivity (Wildman–Crippen MR) is 72.3 cm³/mol. The highest BCUT2D eigenvalue weighted by atomic mass is 32.2. The van der Waals surface area contributed by atoms with Crippen LogP contribution in [-0.4, -0.2) is 63.2 Å². The molecule has 8 nitrogen and oxygen atoms in total. The molecule has 1 aromatic rings. The summed E-state index contributed by atoms with van der Waals surface area (Å²) in [6.07, 6.45) is 0.436. The molecule has 1 aliphatic heterocycles. The van der Waals surface area contributed by atoms with Gasteiger partial charge in [-0.2, -0.15) is 0 Å². The Morgan fingerprint density at radius 1 is 1.48 bits per heavy atom. The molecule has 2 N–H and O–H groups in total. The second kappa shape index (κ2) is 5.76. The van der Waals surface area contributed by atoms with E-state index in [1.165, 1.54) is 26.2 Å². The number of carbonyl (C=O) groups excluding carboxylic acids is 1. The first-order valence-electron chi connectivity index (χ1n) is 6.35. The van der Waals surface area contributed by atoms with E-state index in [2.05, 4.69) is 5.32 Å². The van der Waals surface area contributed by atoms with Crippen molar-refractivity contribution in [2.75, 3.05) is 33.9 Å². The number of nitrogens with zero attached hydrogens (tertiary/aromatic N) is 1. The molecular weight excluding hydrogens is 300 g/mol. The van der Waals surface area contributed by atoms with Crippen molar-refractivity contribution < 1.29 is 27.5 Å². The lowest BCUT2D eigenvalue weighted by Gasteiger charge is -2.20. The fourth-order valence-electron chi connectivity index (χ4n) is 1.83. The molecule has 1 saturated heterocycles. The third-order valence-corrected chi connectivity index (χ3v) is 4.89.